The molecule has 0 atom stereocenters. The summed E-state index contributed by atoms with van der Waals surface area (Å²) in [6.07, 6.45) is 3.31. The van der Waals surface area contributed by atoms with E-state index in [2.05, 4.69) is 4.98 Å². The van der Waals surface area contributed by atoms with Crippen molar-refractivity contribution in [1.82, 2.24) is 4.98 Å². The lowest BCUT2D eigenvalue weighted by Crippen LogP contribution is -1.98. The molecule has 0 fully saturated rings. The number of nitrogens with zero attached hydrogens (tertiary/aromatic N) is 1. The quantitative estimate of drug-likeness (QED) is 0.880. The topological polar surface area (TPSA) is 75.8 Å². The van der Waals surface area contributed by atoms with Crippen molar-refractivity contribution in [3.8, 4) is 28.7 Å². The van der Waals surface area contributed by atoms with Gasteiger partial charge in [-0.25, -0.2) is 0 Å². The SMILES string of the molecule is COc1cc(Oc2cncc(CN)c2)cc(OC)c1OC. The zero-order valence-electron chi connectivity index (χ0n) is 12.3. The van der Waals surface area contributed by atoms with E-state index in [0.717, 1.165) is 5.56 Å². The molecule has 1 aromatic carbocycles. The maximum absolute atomic E-state index is 5.77. The lowest BCUT2D eigenvalue weighted by molar-refractivity contribution is 0.321. The van der Waals surface area contributed by atoms with E-state index in [9.17, 15) is 0 Å². The van der Waals surface area contributed by atoms with Crippen molar-refractivity contribution in [2.45, 2.75) is 6.54 Å². The number of benzene rings is 1. The van der Waals surface area contributed by atoms with Crippen LogP contribution in [-0.2, 0) is 6.54 Å². The van der Waals surface area contributed by atoms with Gasteiger partial charge in [-0.2, -0.15) is 0 Å². The lowest BCUT2D eigenvalue weighted by Gasteiger charge is -2.14. The van der Waals surface area contributed by atoms with E-state index in [0.29, 0.717) is 35.3 Å². The summed E-state index contributed by atoms with van der Waals surface area (Å²) in [5.74, 6) is 2.71. The molecular formula is C15H18N2O4. The number of nitrogens with two attached hydrogens (primary N) is 1. The molecule has 0 aliphatic rings. The molecular weight excluding hydrogens is 272 g/mol. The Morgan fingerprint density at radius 2 is 1.57 bits per heavy atom. The van der Waals surface area contributed by atoms with Crippen LogP contribution in [0.3, 0.4) is 0 Å². The molecule has 2 N–H and O–H groups in total. The number of rotatable bonds is 6. The second-order valence-electron chi connectivity index (χ2n) is 4.20. The van der Waals surface area contributed by atoms with Crippen LogP contribution < -0.4 is 24.7 Å². The normalized spacial score (nSPS) is 10.1. The highest BCUT2D eigenvalue weighted by Gasteiger charge is 2.14. The van der Waals surface area contributed by atoms with Crippen LogP contribution in [0.4, 0.5) is 0 Å². The summed E-state index contributed by atoms with van der Waals surface area (Å²) < 4.78 is 21.6. The number of aromatic nitrogens is 1. The lowest BCUT2D eigenvalue weighted by atomic mass is 10.2. The summed E-state index contributed by atoms with van der Waals surface area (Å²) in [5, 5.41) is 0. The van der Waals surface area contributed by atoms with Crippen molar-refractivity contribution >= 4 is 0 Å². The molecule has 0 bridgehead atoms. The van der Waals surface area contributed by atoms with Gasteiger partial charge in [0.1, 0.15) is 11.5 Å². The van der Waals surface area contributed by atoms with E-state index in [1.165, 1.54) is 0 Å². The fourth-order valence-electron chi connectivity index (χ4n) is 1.88. The Kier molecular flexibility index (Phi) is 4.84. The zero-order chi connectivity index (χ0) is 15.2. The molecule has 21 heavy (non-hydrogen) atoms. The Labute approximate surface area is 123 Å². The molecule has 1 aromatic heterocycles. The van der Waals surface area contributed by atoms with Crippen LogP contribution >= 0.6 is 0 Å². The van der Waals surface area contributed by atoms with Gasteiger partial charge < -0.3 is 24.7 Å². The van der Waals surface area contributed by atoms with Crippen molar-refractivity contribution in [1.29, 1.82) is 0 Å². The Morgan fingerprint density at radius 3 is 2.10 bits per heavy atom. The molecule has 0 spiro atoms. The summed E-state index contributed by atoms with van der Waals surface area (Å²) in [6.45, 7) is 0.402. The molecule has 0 amide bonds. The first-order chi connectivity index (χ1) is 10.2. The Morgan fingerprint density at radius 1 is 0.905 bits per heavy atom. The maximum Gasteiger partial charge on any atom is 0.203 e. The average molecular weight is 290 g/mol. The average Bonchev–Trinajstić information content (AvgIpc) is 2.53. The largest absolute Gasteiger partial charge is 0.493 e. The van der Waals surface area contributed by atoms with Crippen molar-refractivity contribution in [2.75, 3.05) is 21.3 Å². The van der Waals surface area contributed by atoms with E-state index in [-0.39, 0.29) is 0 Å². The first kappa shape index (κ1) is 14.9. The van der Waals surface area contributed by atoms with Gasteiger partial charge in [0.05, 0.1) is 27.5 Å². The number of hydrogen-bond acceptors (Lipinski definition) is 6. The fraction of sp³-hybridized carbons (Fsp3) is 0.267. The number of hydrogen-bond donors (Lipinski definition) is 1. The first-order valence-corrected chi connectivity index (χ1v) is 6.33. The van der Waals surface area contributed by atoms with Crippen LogP contribution in [-0.4, -0.2) is 26.3 Å². The summed E-state index contributed by atoms with van der Waals surface area (Å²) in [5.41, 5.74) is 6.48. The van der Waals surface area contributed by atoms with Gasteiger partial charge in [0.25, 0.3) is 0 Å². The summed E-state index contributed by atoms with van der Waals surface area (Å²) in [4.78, 5) is 4.08. The molecule has 0 aliphatic heterocycles. The molecule has 0 unspecified atom stereocenters. The first-order valence-electron chi connectivity index (χ1n) is 6.33. The van der Waals surface area contributed by atoms with E-state index in [1.54, 1.807) is 45.9 Å². The minimum absolute atomic E-state index is 0.402. The van der Waals surface area contributed by atoms with E-state index < -0.39 is 0 Å². The van der Waals surface area contributed by atoms with Crippen molar-refractivity contribution in [3.05, 3.63) is 36.2 Å². The number of ether oxygens (including phenoxy) is 4. The van der Waals surface area contributed by atoms with Crippen molar-refractivity contribution < 1.29 is 18.9 Å². The third kappa shape index (κ3) is 3.35. The summed E-state index contributed by atoms with van der Waals surface area (Å²) in [6, 6.07) is 5.27. The van der Waals surface area contributed by atoms with Gasteiger partial charge in [0, 0.05) is 24.9 Å². The van der Waals surface area contributed by atoms with Gasteiger partial charge in [-0.05, 0) is 11.6 Å². The molecule has 0 radical (unpaired) electrons. The van der Waals surface area contributed by atoms with Gasteiger partial charge in [-0.1, -0.05) is 0 Å². The third-order valence-electron chi connectivity index (χ3n) is 2.88. The molecule has 112 valence electrons. The van der Waals surface area contributed by atoms with E-state index in [4.69, 9.17) is 24.7 Å². The molecule has 2 aromatic rings. The highest BCUT2D eigenvalue weighted by molar-refractivity contribution is 5.56. The van der Waals surface area contributed by atoms with Gasteiger partial charge in [-0.15, -0.1) is 0 Å². The minimum atomic E-state index is 0.402. The standard InChI is InChI=1S/C15H18N2O4/c1-18-13-5-11(6-14(19-2)15(13)20-3)21-12-4-10(7-16)8-17-9-12/h4-6,8-9H,7,16H2,1-3H3. The predicted octanol–water partition coefficient (Wildman–Crippen LogP) is 2.36. The molecule has 6 heteroatoms. The highest BCUT2D eigenvalue weighted by atomic mass is 16.5. The molecule has 0 aliphatic carbocycles. The number of methoxy groups -OCH3 is 3. The molecule has 0 saturated heterocycles. The van der Waals surface area contributed by atoms with E-state index in [1.807, 2.05) is 6.07 Å². The van der Waals surface area contributed by atoms with Crippen LogP contribution in [0.25, 0.3) is 0 Å². The van der Waals surface area contributed by atoms with Crippen LogP contribution in [0.2, 0.25) is 0 Å². The zero-order valence-corrected chi connectivity index (χ0v) is 12.3. The fourth-order valence-corrected chi connectivity index (χ4v) is 1.88. The Balaban J connectivity index is 2.35. The molecule has 6 nitrogen and oxygen atoms in total. The van der Waals surface area contributed by atoms with Crippen LogP contribution in [0.1, 0.15) is 5.56 Å². The van der Waals surface area contributed by atoms with Crippen LogP contribution in [0, 0.1) is 0 Å². The monoisotopic (exact) mass is 290 g/mol. The number of pyridine rings is 1. The summed E-state index contributed by atoms with van der Waals surface area (Å²) >= 11 is 0. The molecule has 0 saturated carbocycles. The highest BCUT2D eigenvalue weighted by Crippen LogP contribution is 2.41. The van der Waals surface area contributed by atoms with Crippen LogP contribution in [0.15, 0.2) is 30.6 Å². The second-order valence-corrected chi connectivity index (χ2v) is 4.20. The summed E-state index contributed by atoms with van der Waals surface area (Å²) in [7, 11) is 4.66. The molecule has 2 rings (SSSR count). The maximum atomic E-state index is 5.77. The van der Waals surface area contributed by atoms with Crippen LogP contribution in [0.5, 0.6) is 28.7 Å². The van der Waals surface area contributed by atoms with E-state index >= 15 is 0 Å². The van der Waals surface area contributed by atoms with Gasteiger partial charge in [0.2, 0.25) is 5.75 Å². The predicted molar refractivity (Wildman–Crippen MR) is 78.3 cm³/mol. The second kappa shape index (κ2) is 6.81. The molecule has 1 heterocycles. The smallest absolute Gasteiger partial charge is 0.203 e. The minimum Gasteiger partial charge on any atom is -0.493 e. The van der Waals surface area contributed by atoms with Gasteiger partial charge >= 0.3 is 0 Å². The third-order valence-corrected chi connectivity index (χ3v) is 2.88. The van der Waals surface area contributed by atoms with Gasteiger partial charge in [-0.3, -0.25) is 4.98 Å². The van der Waals surface area contributed by atoms with Crippen molar-refractivity contribution in [3.63, 3.8) is 0 Å². The van der Waals surface area contributed by atoms with Crippen molar-refractivity contribution in [2.24, 2.45) is 5.73 Å². The van der Waals surface area contributed by atoms with Gasteiger partial charge in [0.15, 0.2) is 11.5 Å². The Hall–Kier alpha value is -2.47. The Bertz CT molecular complexity index is 591.